The van der Waals surface area contributed by atoms with Crippen molar-refractivity contribution in [1.82, 2.24) is 0 Å². The zero-order valence-electron chi connectivity index (χ0n) is 23.1. The van der Waals surface area contributed by atoms with E-state index < -0.39 is 0 Å². The van der Waals surface area contributed by atoms with E-state index in [0.29, 0.717) is 5.92 Å². The first-order valence-corrected chi connectivity index (χ1v) is 13.7. The molecular weight excluding hydrogens is 431 g/mol. The molecule has 1 heteroatoms. The molecule has 0 spiro atoms. The Labute approximate surface area is 218 Å². The molecule has 36 heavy (non-hydrogen) atoms. The molecule has 0 bridgehead atoms. The van der Waals surface area contributed by atoms with Crippen molar-refractivity contribution in [2.45, 2.75) is 73.6 Å². The van der Waals surface area contributed by atoms with E-state index in [1.54, 1.807) is 0 Å². The van der Waals surface area contributed by atoms with Gasteiger partial charge in [0.15, 0.2) is 0 Å². The molecule has 0 aliphatic heterocycles. The van der Waals surface area contributed by atoms with Gasteiger partial charge in [-0.05, 0) is 70.2 Å². The van der Waals surface area contributed by atoms with Gasteiger partial charge in [0.1, 0.15) is 0 Å². The summed E-state index contributed by atoms with van der Waals surface area (Å²) in [6.07, 6.45) is 3.74. The number of aryl methyl sites for hydroxylation is 6. The predicted octanol–water partition coefficient (Wildman–Crippen LogP) is 7.36. The number of benzene rings is 4. The van der Waals surface area contributed by atoms with E-state index in [4.69, 9.17) is 0 Å². The summed E-state index contributed by atoms with van der Waals surface area (Å²) < 4.78 is 0. The van der Waals surface area contributed by atoms with E-state index in [0.717, 1.165) is 0 Å². The highest BCUT2D eigenvalue weighted by atomic mass is 14.3. The normalized spacial score (nSPS) is 14.0. The second kappa shape index (κ2) is 9.77. The molecule has 1 aliphatic carbocycles. The fourth-order valence-corrected chi connectivity index (χ4v) is 6.99. The van der Waals surface area contributed by atoms with Gasteiger partial charge in [0.05, 0.1) is 0 Å². The van der Waals surface area contributed by atoms with E-state index in [1.807, 2.05) is 0 Å². The molecule has 182 valence electrons. The van der Waals surface area contributed by atoms with Gasteiger partial charge < -0.3 is 0 Å². The van der Waals surface area contributed by atoms with Gasteiger partial charge in [0.25, 0.3) is 0 Å². The van der Waals surface area contributed by atoms with E-state index in [2.05, 4.69) is 115 Å². The summed E-state index contributed by atoms with van der Waals surface area (Å²) in [5.74, 6) is 0.523. The molecular formula is C35H39B. The summed E-state index contributed by atoms with van der Waals surface area (Å²) in [5, 5.41) is 0. The number of unbranched alkanes of at least 4 members (excludes halogenated alkanes) is 1. The molecule has 4 aromatic carbocycles. The van der Waals surface area contributed by atoms with E-state index in [1.165, 1.54) is 91.3 Å². The number of hydrogen-bond acceptors (Lipinski definition) is 0. The van der Waals surface area contributed by atoms with Gasteiger partial charge in [-0.1, -0.05) is 136 Å². The van der Waals surface area contributed by atoms with Gasteiger partial charge in [0.2, 0.25) is 6.71 Å². The number of rotatable bonds is 6. The maximum Gasteiger partial charge on any atom is 0.242 e. The summed E-state index contributed by atoms with van der Waals surface area (Å²) in [6, 6.07) is 26.0. The van der Waals surface area contributed by atoms with Crippen molar-refractivity contribution in [2.24, 2.45) is 0 Å². The molecule has 1 atom stereocenters. The van der Waals surface area contributed by atoms with Crippen LogP contribution in [0.5, 0.6) is 0 Å². The Kier molecular flexibility index (Phi) is 6.69. The summed E-state index contributed by atoms with van der Waals surface area (Å²) >= 11 is 0. The third kappa shape index (κ3) is 4.24. The average Bonchev–Trinajstić information content (AvgIpc) is 3.13. The molecule has 0 heterocycles. The van der Waals surface area contributed by atoms with Crippen LogP contribution in [-0.4, -0.2) is 6.71 Å². The third-order valence-electron chi connectivity index (χ3n) is 8.31. The second-order valence-corrected chi connectivity index (χ2v) is 11.2. The van der Waals surface area contributed by atoms with Gasteiger partial charge in [0, 0.05) is 5.92 Å². The molecule has 1 unspecified atom stereocenters. The minimum absolute atomic E-state index is 0.221. The van der Waals surface area contributed by atoms with Crippen LogP contribution in [0, 0.1) is 41.5 Å². The van der Waals surface area contributed by atoms with Gasteiger partial charge in [-0.2, -0.15) is 0 Å². The van der Waals surface area contributed by atoms with Crippen LogP contribution in [0.3, 0.4) is 0 Å². The minimum atomic E-state index is 0.221. The molecule has 0 aromatic heterocycles. The highest BCUT2D eigenvalue weighted by molar-refractivity contribution is 6.96. The lowest BCUT2D eigenvalue weighted by Crippen LogP contribution is -2.55. The largest absolute Gasteiger partial charge is 0.242 e. The quantitative estimate of drug-likeness (QED) is 0.258. The lowest BCUT2D eigenvalue weighted by molar-refractivity contribution is 0.659. The zero-order chi connectivity index (χ0) is 25.6. The standard InChI is InChI=1S/C35H39B/c1-8-9-12-29-30-13-10-11-14-31(30)33-21-28(15-16-32(29)33)36(34-24(4)17-22(2)18-25(34)5)35-26(6)19-23(3)20-27(35)7/h10-11,13-21,29H,8-9,12H2,1-7H3. The smallest absolute Gasteiger partial charge is 0.0680 e. The first-order chi connectivity index (χ1) is 17.3. The lowest BCUT2D eigenvalue weighted by Gasteiger charge is -2.25. The van der Waals surface area contributed by atoms with Gasteiger partial charge in [-0.15, -0.1) is 0 Å². The van der Waals surface area contributed by atoms with Crippen molar-refractivity contribution in [3.8, 4) is 11.1 Å². The van der Waals surface area contributed by atoms with Crippen LogP contribution in [0.25, 0.3) is 11.1 Å². The predicted molar refractivity (Wildman–Crippen MR) is 159 cm³/mol. The van der Waals surface area contributed by atoms with Crippen LogP contribution in [-0.2, 0) is 0 Å². The Morgan fingerprint density at radius 3 is 1.69 bits per heavy atom. The van der Waals surface area contributed by atoms with Gasteiger partial charge in [-0.25, -0.2) is 0 Å². The Morgan fingerprint density at radius 2 is 1.14 bits per heavy atom. The summed E-state index contributed by atoms with van der Waals surface area (Å²) in [7, 11) is 0. The van der Waals surface area contributed by atoms with Crippen LogP contribution in [0.1, 0.15) is 76.6 Å². The molecule has 0 radical (unpaired) electrons. The van der Waals surface area contributed by atoms with Crippen molar-refractivity contribution >= 4 is 23.1 Å². The van der Waals surface area contributed by atoms with Crippen LogP contribution < -0.4 is 16.4 Å². The Balaban J connectivity index is 1.76. The summed E-state index contributed by atoms with van der Waals surface area (Å²) in [6.45, 7) is 16.1. The van der Waals surface area contributed by atoms with Crippen molar-refractivity contribution in [1.29, 1.82) is 0 Å². The maximum atomic E-state index is 2.53. The highest BCUT2D eigenvalue weighted by Gasteiger charge is 2.32. The van der Waals surface area contributed by atoms with E-state index in [9.17, 15) is 0 Å². The number of hydrogen-bond donors (Lipinski definition) is 0. The molecule has 1 aliphatic rings. The zero-order valence-corrected chi connectivity index (χ0v) is 23.1. The molecule has 0 fully saturated rings. The van der Waals surface area contributed by atoms with Crippen LogP contribution in [0.2, 0.25) is 0 Å². The van der Waals surface area contributed by atoms with Crippen molar-refractivity contribution < 1.29 is 0 Å². The topological polar surface area (TPSA) is 0 Å². The molecule has 0 N–H and O–H groups in total. The van der Waals surface area contributed by atoms with Gasteiger partial charge in [-0.3, -0.25) is 0 Å². The lowest BCUT2D eigenvalue weighted by atomic mass is 9.34. The third-order valence-corrected chi connectivity index (χ3v) is 8.31. The Bertz CT molecular complexity index is 1340. The number of fused-ring (bicyclic) bond motifs is 3. The highest BCUT2D eigenvalue weighted by Crippen LogP contribution is 2.46. The SMILES string of the molecule is CCCCC1c2ccccc2-c2cc(B(c3c(C)cc(C)cc3C)c3c(C)cc(C)cc3C)ccc21. The van der Waals surface area contributed by atoms with Crippen LogP contribution in [0.4, 0.5) is 0 Å². The monoisotopic (exact) mass is 470 g/mol. The van der Waals surface area contributed by atoms with Crippen molar-refractivity contribution in [3.63, 3.8) is 0 Å². The molecule has 0 saturated heterocycles. The van der Waals surface area contributed by atoms with Crippen molar-refractivity contribution in [2.75, 3.05) is 0 Å². The maximum absolute atomic E-state index is 2.53. The molecule has 0 nitrogen and oxygen atoms in total. The molecule has 5 rings (SSSR count). The Morgan fingerprint density at radius 1 is 0.611 bits per heavy atom. The second-order valence-electron chi connectivity index (χ2n) is 11.2. The summed E-state index contributed by atoms with van der Waals surface area (Å²) in [4.78, 5) is 0. The minimum Gasteiger partial charge on any atom is -0.0680 e. The molecule has 0 amide bonds. The first kappa shape index (κ1) is 24.6. The molecule has 4 aromatic rings. The fourth-order valence-electron chi connectivity index (χ4n) is 6.99. The van der Waals surface area contributed by atoms with E-state index >= 15 is 0 Å². The Hall–Kier alpha value is -3.06. The molecule has 0 saturated carbocycles. The average molecular weight is 471 g/mol. The fraction of sp³-hybridized carbons (Fsp3) is 0.314. The van der Waals surface area contributed by atoms with Gasteiger partial charge >= 0.3 is 0 Å². The van der Waals surface area contributed by atoms with Crippen LogP contribution >= 0.6 is 0 Å². The van der Waals surface area contributed by atoms with E-state index in [-0.39, 0.29) is 6.71 Å². The van der Waals surface area contributed by atoms with Crippen LogP contribution in [0.15, 0.2) is 66.7 Å². The van der Waals surface area contributed by atoms with Crippen molar-refractivity contribution in [3.05, 3.63) is 111 Å². The first-order valence-electron chi connectivity index (χ1n) is 13.7. The summed E-state index contributed by atoms with van der Waals surface area (Å²) in [5.41, 5.74) is 18.5.